The standard InChI is InChI=1S/C17H28N2O2/c1-17(2)11-14(8-9-21-17)19-12-16(20)15(18)10-13-6-4-3-5-7-13/h3-7,14-16,19-20H,8-12,18H2,1-2H3/t14?,15-,16+/m0/s1. The third-order valence-corrected chi connectivity index (χ3v) is 4.12. The van der Waals surface area contributed by atoms with Crippen molar-refractivity contribution in [1.82, 2.24) is 5.32 Å². The molecule has 0 spiro atoms. The number of nitrogens with one attached hydrogen (secondary N) is 1. The first kappa shape index (κ1) is 16.4. The highest BCUT2D eigenvalue weighted by Crippen LogP contribution is 2.23. The largest absolute Gasteiger partial charge is 0.390 e. The van der Waals surface area contributed by atoms with Gasteiger partial charge in [0.15, 0.2) is 0 Å². The van der Waals surface area contributed by atoms with Gasteiger partial charge in [-0.2, -0.15) is 0 Å². The highest BCUT2D eigenvalue weighted by atomic mass is 16.5. The van der Waals surface area contributed by atoms with Gasteiger partial charge in [-0.1, -0.05) is 30.3 Å². The van der Waals surface area contributed by atoms with Crippen LogP contribution in [0.2, 0.25) is 0 Å². The van der Waals surface area contributed by atoms with Gasteiger partial charge in [-0.3, -0.25) is 0 Å². The highest BCUT2D eigenvalue weighted by molar-refractivity contribution is 5.16. The maximum absolute atomic E-state index is 10.2. The Morgan fingerprint density at radius 1 is 1.38 bits per heavy atom. The molecule has 0 aromatic heterocycles. The summed E-state index contributed by atoms with van der Waals surface area (Å²) in [6, 6.07) is 10.2. The maximum Gasteiger partial charge on any atom is 0.0818 e. The normalized spacial score (nSPS) is 24.5. The summed E-state index contributed by atoms with van der Waals surface area (Å²) in [6.07, 6.45) is 2.12. The fourth-order valence-electron chi connectivity index (χ4n) is 2.87. The first-order valence-corrected chi connectivity index (χ1v) is 7.81. The molecule has 4 N–H and O–H groups in total. The van der Waals surface area contributed by atoms with E-state index in [1.807, 2.05) is 30.3 Å². The molecule has 21 heavy (non-hydrogen) atoms. The Labute approximate surface area is 127 Å². The Kier molecular flexibility index (Phi) is 5.76. The molecular formula is C17H28N2O2. The van der Waals surface area contributed by atoms with Gasteiger partial charge in [-0.15, -0.1) is 0 Å². The number of rotatable bonds is 6. The van der Waals surface area contributed by atoms with Crippen molar-refractivity contribution in [2.45, 2.75) is 56.9 Å². The van der Waals surface area contributed by atoms with E-state index in [1.54, 1.807) is 0 Å². The van der Waals surface area contributed by atoms with Crippen LogP contribution in [-0.4, -0.2) is 42.0 Å². The average molecular weight is 292 g/mol. The first-order chi connectivity index (χ1) is 9.96. The van der Waals surface area contributed by atoms with Gasteiger partial charge in [-0.05, 0) is 38.7 Å². The Hall–Kier alpha value is -0.940. The van der Waals surface area contributed by atoms with Crippen LogP contribution in [0.3, 0.4) is 0 Å². The van der Waals surface area contributed by atoms with E-state index < -0.39 is 6.10 Å². The molecule has 0 radical (unpaired) electrons. The highest BCUT2D eigenvalue weighted by Gasteiger charge is 2.29. The first-order valence-electron chi connectivity index (χ1n) is 7.81. The van der Waals surface area contributed by atoms with Gasteiger partial charge in [0.05, 0.1) is 11.7 Å². The third-order valence-electron chi connectivity index (χ3n) is 4.12. The van der Waals surface area contributed by atoms with Gasteiger partial charge in [0.1, 0.15) is 0 Å². The van der Waals surface area contributed by atoms with Gasteiger partial charge >= 0.3 is 0 Å². The van der Waals surface area contributed by atoms with Crippen LogP contribution in [-0.2, 0) is 11.2 Å². The lowest BCUT2D eigenvalue weighted by molar-refractivity contribution is -0.0640. The van der Waals surface area contributed by atoms with Crippen molar-refractivity contribution in [3.63, 3.8) is 0 Å². The second-order valence-electron chi connectivity index (χ2n) is 6.63. The van der Waals surface area contributed by atoms with Gasteiger partial charge in [0, 0.05) is 25.2 Å². The fourth-order valence-corrected chi connectivity index (χ4v) is 2.87. The van der Waals surface area contributed by atoms with E-state index in [1.165, 1.54) is 0 Å². The lowest BCUT2D eigenvalue weighted by atomic mass is 9.93. The Balaban J connectivity index is 1.75. The van der Waals surface area contributed by atoms with E-state index in [-0.39, 0.29) is 11.6 Å². The predicted octanol–water partition coefficient (Wildman–Crippen LogP) is 1.46. The lowest BCUT2D eigenvalue weighted by Crippen LogP contribution is -2.49. The fraction of sp³-hybridized carbons (Fsp3) is 0.647. The van der Waals surface area contributed by atoms with Crippen LogP contribution in [0.5, 0.6) is 0 Å². The molecule has 0 bridgehead atoms. The van der Waals surface area contributed by atoms with Gasteiger partial charge in [0.2, 0.25) is 0 Å². The topological polar surface area (TPSA) is 67.5 Å². The van der Waals surface area contributed by atoms with Crippen molar-refractivity contribution in [2.24, 2.45) is 5.73 Å². The zero-order valence-corrected chi connectivity index (χ0v) is 13.1. The summed E-state index contributed by atoms with van der Waals surface area (Å²) in [6.45, 7) is 5.53. The molecule has 1 saturated heterocycles. The van der Waals surface area contributed by atoms with Crippen molar-refractivity contribution in [3.05, 3.63) is 35.9 Å². The molecule has 1 aromatic rings. The van der Waals surface area contributed by atoms with Crippen LogP contribution in [0.4, 0.5) is 0 Å². The maximum atomic E-state index is 10.2. The second-order valence-corrected chi connectivity index (χ2v) is 6.63. The van der Waals surface area contributed by atoms with E-state index >= 15 is 0 Å². The number of aliphatic hydroxyl groups excluding tert-OH is 1. The van der Waals surface area contributed by atoms with Gasteiger partial charge in [-0.25, -0.2) is 0 Å². The number of aliphatic hydroxyl groups is 1. The molecule has 1 heterocycles. The molecule has 1 unspecified atom stereocenters. The minimum Gasteiger partial charge on any atom is -0.390 e. The van der Waals surface area contributed by atoms with Crippen LogP contribution in [0.15, 0.2) is 30.3 Å². The summed E-state index contributed by atoms with van der Waals surface area (Å²) >= 11 is 0. The van der Waals surface area contributed by atoms with E-state index in [0.717, 1.165) is 25.0 Å². The predicted molar refractivity (Wildman–Crippen MR) is 85.2 cm³/mol. The molecule has 3 atom stereocenters. The van der Waals surface area contributed by atoms with Gasteiger partial charge < -0.3 is 20.9 Å². The van der Waals surface area contributed by atoms with Gasteiger partial charge in [0.25, 0.3) is 0 Å². The van der Waals surface area contributed by atoms with Crippen molar-refractivity contribution < 1.29 is 9.84 Å². The summed E-state index contributed by atoms with van der Waals surface area (Å²) in [5, 5.41) is 13.7. The van der Waals surface area contributed by atoms with Crippen molar-refractivity contribution in [2.75, 3.05) is 13.2 Å². The van der Waals surface area contributed by atoms with Crippen LogP contribution in [0.1, 0.15) is 32.3 Å². The van der Waals surface area contributed by atoms with Crippen molar-refractivity contribution >= 4 is 0 Å². The molecule has 1 fully saturated rings. The minimum absolute atomic E-state index is 0.0764. The molecule has 1 aliphatic rings. The van der Waals surface area contributed by atoms with E-state index in [4.69, 9.17) is 10.5 Å². The lowest BCUT2D eigenvalue weighted by Gasteiger charge is -2.36. The number of benzene rings is 1. The molecule has 1 aliphatic heterocycles. The van der Waals surface area contributed by atoms with E-state index in [0.29, 0.717) is 19.0 Å². The monoisotopic (exact) mass is 292 g/mol. The third kappa shape index (κ3) is 5.40. The van der Waals surface area contributed by atoms with Crippen LogP contribution in [0, 0.1) is 0 Å². The minimum atomic E-state index is -0.531. The zero-order chi connectivity index (χ0) is 15.3. The summed E-state index contributed by atoms with van der Waals surface area (Å²) in [5.74, 6) is 0. The summed E-state index contributed by atoms with van der Waals surface area (Å²) in [5.41, 5.74) is 7.19. The quantitative estimate of drug-likeness (QED) is 0.742. The van der Waals surface area contributed by atoms with Crippen molar-refractivity contribution in [1.29, 1.82) is 0 Å². The van der Waals surface area contributed by atoms with E-state index in [2.05, 4.69) is 19.2 Å². The molecule has 118 valence electrons. The smallest absolute Gasteiger partial charge is 0.0818 e. The summed E-state index contributed by atoms with van der Waals surface area (Å²) in [7, 11) is 0. The van der Waals surface area contributed by atoms with E-state index in [9.17, 15) is 5.11 Å². The SMILES string of the molecule is CC1(C)CC(NC[C@@H](O)[C@@H](N)Cc2ccccc2)CCO1. The van der Waals surface area contributed by atoms with Crippen LogP contribution < -0.4 is 11.1 Å². The molecule has 0 saturated carbocycles. The molecule has 4 nitrogen and oxygen atoms in total. The average Bonchev–Trinajstić information content (AvgIpc) is 2.45. The van der Waals surface area contributed by atoms with Crippen molar-refractivity contribution in [3.8, 4) is 0 Å². The number of ether oxygens (including phenoxy) is 1. The molecule has 1 aromatic carbocycles. The Morgan fingerprint density at radius 2 is 2.10 bits per heavy atom. The van der Waals surface area contributed by atoms with Crippen LogP contribution >= 0.6 is 0 Å². The molecule has 4 heteroatoms. The molecule has 2 rings (SSSR count). The second kappa shape index (κ2) is 7.36. The Morgan fingerprint density at radius 3 is 2.76 bits per heavy atom. The molecular weight excluding hydrogens is 264 g/mol. The van der Waals surface area contributed by atoms with Crippen LogP contribution in [0.25, 0.3) is 0 Å². The molecule has 0 amide bonds. The molecule has 0 aliphatic carbocycles. The summed E-state index contributed by atoms with van der Waals surface area (Å²) in [4.78, 5) is 0. The number of hydrogen-bond donors (Lipinski definition) is 3. The summed E-state index contributed by atoms with van der Waals surface area (Å²) < 4.78 is 5.70. The number of hydrogen-bond acceptors (Lipinski definition) is 4. The zero-order valence-electron chi connectivity index (χ0n) is 13.1. The number of nitrogens with two attached hydrogens (primary N) is 1. The Bertz CT molecular complexity index is 422.